The van der Waals surface area contributed by atoms with Gasteiger partial charge in [-0.05, 0) is 53.8 Å². The fourth-order valence-electron chi connectivity index (χ4n) is 3.44. The lowest BCUT2D eigenvalue weighted by atomic mass is 9.87. The van der Waals surface area contributed by atoms with E-state index in [1.54, 1.807) is 6.21 Å². The van der Waals surface area contributed by atoms with E-state index >= 15 is 0 Å². The standard InChI is InChI=1S/C29H40N6O3/c1-9-36-25-18-21(20-30-33-26-19-27(34(5)6)32-28(31-26)35(7)8)10-15-24(25)38-17-16-37-23-13-11-22(12-14-23)29(2,3)4/h10-15,18-20H,9,16-17H2,1-8H3,(H,31,32,33)/b30-20+. The van der Waals surface area contributed by atoms with Gasteiger partial charge in [-0.1, -0.05) is 32.9 Å². The van der Waals surface area contributed by atoms with Crippen LogP contribution in [0.3, 0.4) is 0 Å². The van der Waals surface area contributed by atoms with Gasteiger partial charge in [-0.25, -0.2) is 0 Å². The van der Waals surface area contributed by atoms with Crippen LogP contribution in [0.1, 0.15) is 38.8 Å². The maximum absolute atomic E-state index is 5.95. The Balaban J connectivity index is 1.59. The highest BCUT2D eigenvalue weighted by Crippen LogP contribution is 2.28. The molecule has 0 bridgehead atoms. The van der Waals surface area contributed by atoms with Crippen LogP contribution in [-0.2, 0) is 5.41 Å². The smallest absolute Gasteiger partial charge is 0.228 e. The van der Waals surface area contributed by atoms with Crippen molar-refractivity contribution in [2.24, 2.45) is 5.10 Å². The largest absolute Gasteiger partial charge is 0.490 e. The maximum Gasteiger partial charge on any atom is 0.228 e. The van der Waals surface area contributed by atoms with Crippen LogP contribution in [-0.4, -0.2) is 64.2 Å². The van der Waals surface area contributed by atoms with Crippen molar-refractivity contribution in [1.29, 1.82) is 0 Å². The fraction of sp³-hybridized carbons (Fsp3) is 0.414. The average molecular weight is 521 g/mol. The van der Waals surface area contributed by atoms with Crippen molar-refractivity contribution in [3.05, 3.63) is 59.7 Å². The molecule has 0 unspecified atom stereocenters. The van der Waals surface area contributed by atoms with Gasteiger partial charge in [-0.2, -0.15) is 15.1 Å². The number of nitrogens with one attached hydrogen (secondary N) is 1. The Morgan fingerprint density at radius 3 is 2.18 bits per heavy atom. The predicted molar refractivity (Wildman–Crippen MR) is 156 cm³/mol. The molecule has 38 heavy (non-hydrogen) atoms. The molecule has 0 spiro atoms. The van der Waals surface area contributed by atoms with Crippen LogP contribution in [0.25, 0.3) is 0 Å². The van der Waals surface area contributed by atoms with Gasteiger partial charge in [0.2, 0.25) is 5.95 Å². The topological polar surface area (TPSA) is 84.3 Å². The minimum Gasteiger partial charge on any atom is -0.490 e. The molecule has 204 valence electrons. The van der Waals surface area contributed by atoms with Gasteiger partial charge in [0.15, 0.2) is 17.3 Å². The minimum absolute atomic E-state index is 0.116. The highest BCUT2D eigenvalue weighted by Gasteiger charge is 2.13. The predicted octanol–water partition coefficient (Wildman–Crippen LogP) is 5.21. The second kappa shape index (κ2) is 13.0. The monoisotopic (exact) mass is 520 g/mol. The van der Waals surface area contributed by atoms with Gasteiger partial charge in [-0.3, -0.25) is 5.43 Å². The average Bonchev–Trinajstić information content (AvgIpc) is 2.87. The van der Waals surface area contributed by atoms with E-state index in [4.69, 9.17) is 14.2 Å². The fourth-order valence-corrected chi connectivity index (χ4v) is 3.44. The van der Waals surface area contributed by atoms with Crippen LogP contribution in [0.5, 0.6) is 17.2 Å². The number of ether oxygens (including phenoxy) is 3. The molecule has 1 heterocycles. The number of anilines is 3. The highest BCUT2D eigenvalue weighted by atomic mass is 16.5. The normalized spacial score (nSPS) is 11.4. The third-order valence-electron chi connectivity index (χ3n) is 5.55. The summed E-state index contributed by atoms with van der Waals surface area (Å²) in [6.45, 7) is 9.87. The molecule has 9 nitrogen and oxygen atoms in total. The third-order valence-corrected chi connectivity index (χ3v) is 5.55. The molecule has 0 aliphatic heterocycles. The maximum atomic E-state index is 5.95. The van der Waals surface area contributed by atoms with Gasteiger partial charge in [0.05, 0.1) is 12.8 Å². The molecule has 0 saturated heterocycles. The highest BCUT2D eigenvalue weighted by molar-refractivity contribution is 5.81. The first-order valence-corrected chi connectivity index (χ1v) is 12.7. The van der Waals surface area contributed by atoms with E-state index in [2.05, 4.69) is 53.4 Å². The van der Waals surface area contributed by atoms with Gasteiger partial charge in [0.1, 0.15) is 24.8 Å². The van der Waals surface area contributed by atoms with Gasteiger partial charge in [-0.15, -0.1) is 0 Å². The molecule has 0 saturated carbocycles. The zero-order chi connectivity index (χ0) is 27.7. The van der Waals surface area contributed by atoms with E-state index in [1.165, 1.54) is 5.56 Å². The molecule has 1 N–H and O–H groups in total. The van der Waals surface area contributed by atoms with Crippen molar-refractivity contribution in [3.8, 4) is 17.2 Å². The molecule has 3 rings (SSSR count). The molecule has 9 heteroatoms. The third kappa shape index (κ3) is 8.26. The van der Waals surface area contributed by atoms with Gasteiger partial charge in [0.25, 0.3) is 0 Å². The zero-order valence-electron chi connectivity index (χ0n) is 23.8. The molecule has 0 aliphatic rings. The molecule has 0 fully saturated rings. The second-order valence-electron chi connectivity index (χ2n) is 10.2. The summed E-state index contributed by atoms with van der Waals surface area (Å²) in [4.78, 5) is 12.8. The molecular formula is C29H40N6O3. The summed E-state index contributed by atoms with van der Waals surface area (Å²) in [7, 11) is 7.67. The van der Waals surface area contributed by atoms with Crippen molar-refractivity contribution in [2.75, 3.05) is 63.2 Å². The number of nitrogens with zero attached hydrogens (tertiary/aromatic N) is 5. The van der Waals surface area contributed by atoms with Crippen molar-refractivity contribution >= 4 is 23.8 Å². The Bertz CT molecular complexity index is 1180. The first-order valence-electron chi connectivity index (χ1n) is 12.7. The van der Waals surface area contributed by atoms with Gasteiger partial charge >= 0.3 is 0 Å². The molecule has 0 atom stereocenters. The molecule has 2 aromatic carbocycles. The summed E-state index contributed by atoms with van der Waals surface area (Å²) in [6.07, 6.45) is 1.71. The molecular weight excluding hydrogens is 480 g/mol. The van der Waals surface area contributed by atoms with Crippen molar-refractivity contribution in [2.45, 2.75) is 33.1 Å². The van der Waals surface area contributed by atoms with E-state index in [0.717, 1.165) is 17.1 Å². The number of rotatable bonds is 12. The van der Waals surface area contributed by atoms with E-state index in [9.17, 15) is 0 Å². The van der Waals surface area contributed by atoms with Gasteiger partial charge in [0, 0.05) is 34.3 Å². The Morgan fingerprint density at radius 1 is 0.842 bits per heavy atom. The summed E-state index contributed by atoms with van der Waals surface area (Å²) in [5.74, 6) is 4.11. The zero-order valence-corrected chi connectivity index (χ0v) is 23.8. The first kappa shape index (κ1) is 28.6. The Hall–Kier alpha value is -4.01. The van der Waals surface area contributed by atoms with Crippen LogP contribution in [0.15, 0.2) is 53.6 Å². The summed E-state index contributed by atoms with van der Waals surface area (Å²) >= 11 is 0. The molecule has 3 aromatic rings. The second-order valence-corrected chi connectivity index (χ2v) is 10.2. The Morgan fingerprint density at radius 2 is 1.55 bits per heavy atom. The molecule has 0 radical (unpaired) electrons. The van der Waals surface area contributed by atoms with Crippen LogP contribution < -0.4 is 29.4 Å². The number of aromatic nitrogens is 2. The van der Waals surface area contributed by atoms with Gasteiger partial charge < -0.3 is 24.0 Å². The lowest BCUT2D eigenvalue weighted by Crippen LogP contribution is -2.17. The Kier molecular flexibility index (Phi) is 9.76. The number of benzene rings is 2. The number of hydrogen-bond acceptors (Lipinski definition) is 9. The first-order chi connectivity index (χ1) is 18.1. The van der Waals surface area contributed by atoms with E-state index in [1.807, 2.05) is 81.3 Å². The van der Waals surface area contributed by atoms with Crippen LogP contribution in [0.2, 0.25) is 0 Å². The molecule has 0 aliphatic carbocycles. The Labute approximate surface area is 226 Å². The molecule has 1 aromatic heterocycles. The number of hydrazone groups is 1. The SMILES string of the molecule is CCOc1cc(/C=N/Nc2cc(N(C)C)nc(N(C)C)n2)ccc1OCCOc1ccc(C(C)(C)C)cc1. The summed E-state index contributed by atoms with van der Waals surface area (Å²) < 4.78 is 17.6. The van der Waals surface area contributed by atoms with Crippen molar-refractivity contribution in [3.63, 3.8) is 0 Å². The van der Waals surface area contributed by atoms with Crippen LogP contribution in [0.4, 0.5) is 17.6 Å². The van der Waals surface area contributed by atoms with Crippen LogP contribution >= 0.6 is 0 Å². The van der Waals surface area contributed by atoms with E-state index in [-0.39, 0.29) is 5.41 Å². The van der Waals surface area contributed by atoms with E-state index in [0.29, 0.717) is 43.1 Å². The minimum atomic E-state index is 0.116. The number of hydrogen-bond donors (Lipinski definition) is 1. The lowest BCUT2D eigenvalue weighted by molar-refractivity contribution is 0.208. The van der Waals surface area contributed by atoms with Crippen molar-refractivity contribution < 1.29 is 14.2 Å². The quantitative estimate of drug-likeness (QED) is 0.198. The lowest BCUT2D eigenvalue weighted by Gasteiger charge is -2.19. The summed E-state index contributed by atoms with van der Waals surface area (Å²) in [6, 6.07) is 15.7. The summed E-state index contributed by atoms with van der Waals surface area (Å²) in [5, 5.41) is 4.36. The molecule has 0 amide bonds. The van der Waals surface area contributed by atoms with Crippen molar-refractivity contribution in [1.82, 2.24) is 9.97 Å². The van der Waals surface area contributed by atoms with Crippen LogP contribution in [0, 0.1) is 0 Å². The summed E-state index contributed by atoms with van der Waals surface area (Å²) in [5.41, 5.74) is 5.24. The van der Waals surface area contributed by atoms with E-state index < -0.39 is 0 Å².